The van der Waals surface area contributed by atoms with Crippen molar-refractivity contribution in [2.75, 3.05) is 7.11 Å². The van der Waals surface area contributed by atoms with Crippen LogP contribution in [0.5, 0.6) is 5.75 Å². The molecular formula is C14H17N3O. The van der Waals surface area contributed by atoms with E-state index >= 15 is 0 Å². The van der Waals surface area contributed by atoms with Crippen LogP contribution in [-0.4, -0.2) is 17.1 Å². The van der Waals surface area contributed by atoms with Gasteiger partial charge in [0.05, 0.1) is 30.7 Å². The van der Waals surface area contributed by atoms with Gasteiger partial charge in [-0.15, -0.1) is 0 Å². The number of aromatic nitrogens is 2. The first kappa shape index (κ1) is 12.5. The van der Waals surface area contributed by atoms with Crippen molar-refractivity contribution in [1.29, 1.82) is 0 Å². The van der Waals surface area contributed by atoms with Crippen molar-refractivity contribution in [2.24, 2.45) is 5.73 Å². The Hall–Kier alpha value is -1.94. The average Bonchev–Trinajstić information content (AvgIpc) is 2.38. The molecule has 1 unspecified atom stereocenters. The molecule has 1 atom stereocenters. The normalized spacial score (nSPS) is 12.2. The van der Waals surface area contributed by atoms with Gasteiger partial charge in [0.25, 0.3) is 0 Å². The fourth-order valence-electron chi connectivity index (χ4n) is 1.85. The van der Waals surface area contributed by atoms with Crippen molar-refractivity contribution < 1.29 is 4.74 Å². The highest BCUT2D eigenvalue weighted by molar-refractivity contribution is 5.39. The summed E-state index contributed by atoms with van der Waals surface area (Å²) in [5.41, 5.74) is 10.00. The van der Waals surface area contributed by atoms with Crippen molar-refractivity contribution in [3.8, 4) is 5.75 Å². The third-order valence-corrected chi connectivity index (χ3v) is 2.93. The van der Waals surface area contributed by atoms with Crippen LogP contribution in [0.1, 0.15) is 28.6 Å². The topological polar surface area (TPSA) is 61.0 Å². The minimum atomic E-state index is -0.260. The number of hydrogen-bond acceptors (Lipinski definition) is 4. The summed E-state index contributed by atoms with van der Waals surface area (Å²) in [7, 11) is 1.65. The van der Waals surface area contributed by atoms with E-state index in [-0.39, 0.29) is 6.04 Å². The first-order valence-corrected chi connectivity index (χ1v) is 5.80. The lowest BCUT2D eigenvalue weighted by Gasteiger charge is -2.15. The number of nitrogens with two attached hydrogens (primary N) is 1. The fourth-order valence-corrected chi connectivity index (χ4v) is 1.85. The highest BCUT2D eigenvalue weighted by Crippen LogP contribution is 2.24. The van der Waals surface area contributed by atoms with Crippen LogP contribution in [0.25, 0.3) is 0 Å². The molecule has 0 aliphatic heterocycles. The molecule has 1 aromatic heterocycles. The molecule has 94 valence electrons. The maximum atomic E-state index is 6.22. The second-order valence-electron chi connectivity index (χ2n) is 4.28. The summed E-state index contributed by atoms with van der Waals surface area (Å²) >= 11 is 0. The zero-order chi connectivity index (χ0) is 13.1. The summed E-state index contributed by atoms with van der Waals surface area (Å²) in [6.45, 7) is 3.92. The molecule has 0 aliphatic rings. The predicted molar refractivity (Wildman–Crippen MR) is 70.5 cm³/mol. The predicted octanol–water partition coefficient (Wildman–Crippen LogP) is 2.15. The lowest BCUT2D eigenvalue weighted by Crippen LogP contribution is -2.15. The van der Waals surface area contributed by atoms with Crippen LogP contribution in [0, 0.1) is 13.8 Å². The molecule has 0 fully saturated rings. The van der Waals surface area contributed by atoms with E-state index in [1.807, 2.05) is 32.0 Å². The summed E-state index contributed by atoms with van der Waals surface area (Å²) in [6.07, 6.45) is 3.46. The highest BCUT2D eigenvalue weighted by Gasteiger charge is 2.13. The Morgan fingerprint density at radius 3 is 2.50 bits per heavy atom. The molecule has 2 N–H and O–H groups in total. The van der Waals surface area contributed by atoms with Gasteiger partial charge in [0.15, 0.2) is 0 Å². The van der Waals surface area contributed by atoms with Gasteiger partial charge in [-0.25, -0.2) is 0 Å². The number of hydrogen-bond donors (Lipinski definition) is 1. The molecule has 4 heteroatoms. The SMILES string of the molecule is COc1ccc(C(N)c2cnc(C)cn2)c(C)c1. The van der Waals surface area contributed by atoms with Crippen LogP contribution in [0.15, 0.2) is 30.6 Å². The summed E-state index contributed by atoms with van der Waals surface area (Å²) in [5.74, 6) is 0.832. The van der Waals surface area contributed by atoms with E-state index in [2.05, 4.69) is 9.97 Å². The Morgan fingerprint density at radius 1 is 1.17 bits per heavy atom. The van der Waals surface area contributed by atoms with Crippen LogP contribution < -0.4 is 10.5 Å². The molecular weight excluding hydrogens is 226 g/mol. The first-order valence-electron chi connectivity index (χ1n) is 5.80. The Morgan fingerprint density at radius 2 is 1.94 bits per heavy atom. The molecule has 0 spiro atoms. The summed E-state index contributed by atoms with van der Waals surface area (Å²) in [6, 6.07) is 5.59. The van der Waals surface area contributed by atoms with Gasteiger partial charge in [-0.3, -0.25) is 9.97 Å². The van der Waals surface area contributed by atoms with Gasteiger partial charge in [-0.1, -0.05) is 6.07 Å². The van der Waals surface area contributed by atoms with Gasteiger partial charge in [0.1, 0.15) is 5.75 Å². The van der Waals surface area contributed by atoms with Gasteiger partial charge in [-0.05, 0) is 37.1 Å². The quantitative estimate of drug-likeness (QED) is 0.897. The highest BCUT2D eigenvalue weighted by atomic mass is 16.5. The van der Waals surface area contributed by atoms with E-state index in [9.17, 15) is 0 Å². The third-order valence-electron chi connectivity index (χ3n) is 2.93. The van der Waals surface area contributed by atoms with Gasteiger partial charge in [0.2, 0.25) is 0 Å². The Labute approximate surface area is 107 Å². The van der Waals surface area contributed by atoms with E-state index in [1.165, 1.54) is 0 Å². The van der Waals surface area contributed by atoms with Gasteiger partial charge in [0, 0.05) is 6.20 Å². The summed E-state index contributed by atoms with van der Waals surface area (Å²) in [5, 5.41) is 0. The first-order chi connectivity index (χ1) is 8.61. The Balaban J connectivity index is 2.33. The molecule has 2 aromatic rings. The zero-order valence-corrected chi connectivity index (χ0v) is 10.8. The molecule has 0 radical (unpaired) electrons. The lowest BCUT2D eigenvalue weighted by atomic mass is 9.99. The minimum absolute atomic E-state index is 0.260. The number of aryl methyl sites for hydroxylation is 2. The average molecular weight is 243 g/mol. The van der Waals surface area contributed by atoms with Crippen LogP contribution in [-0.2, 0) is 0 Å². The van der Waals surface area contributed by atoms with E-state index in [0.717, 1.165) is 28.3 Å². The van der Waals surface area contributed by atoms with Crippen LogP contribution in [0.3, 0.4) is 0 Å². The molecule has 1 heterocycles. The standard InChI is InChI=1S/C14H17N3O/c1-9-6-11(18-3)4-5-12(9)14(15)13-8-16-10(2)7-17-13/h4-8,14H,15H2,1-3H3. The monoisotopic (exact) mass is 243 g/mol. The number of benzene rings is 1. The number of nitrogens with zero attached hydrogens (tertiary/aromatic N) is 2. The maximum absolute atomic E-state index is 6.22. The molecule has 1 aromatic carbocycles. The zero-order valence-electron chi connectivity index (χ0n) is 10.8. The van der Waals surface area contributed by atoms with E-state index in [4.69, 9.17) is 10.5 Å². The van der Waals surface area contributed by atoms with Crippen LogP contribution in [0.4, 0.5) is 0 Å². The maximum Gasteiger partial charge on any atom is 0.119 e. The van der Waals surface area contributed by atoms with Crippen molar-refractivity contribution in [3.63, 3.8) is 0 Å². The fraction of sp³-hybridized carbons (Fsp3) is 0.286. The van der Waals surface area contributed by atoms with E-state index in [0.29, 0.717) is 0 Å². The smallest absolute Gasteiger partial charge is 0.119 e. The molecule has 0 aliphatic carbocycles. The number of rotatable bonds is 3. The number of ether oxygens (including phenoxy) is 1. The van der Waals surface area contributed by atoms with Crippen molar-refractivity contribution in [3.05, 3.63) is 53.1 Å². The van der Waals surface area contributed by atoms with Gasteiger partial charge in [-0.2, -0.15) is 0 Å². The van der Waals surface area contributed by atoms with Crippen LogP contribution in [0.2, 0.25) is 0 Å². The minimum Gasteiger partial charge on any atom is -0.497 e. The van der Waals surface area contributed by atoms with Crippen LogP contribution >= 0.6 is 0 Å². The molecule has 0 saturated carbocycles. The molecule has 0 bridgehead atoms. The molecule has 18 heavy (non-hydrogen) atoms. The second-order valence-corrected chi connectivity index (χ2v) is 4.28. The van der Waals surface area contributed by atoms with Gasteiger partial charge >= 0.3 is 0 Å². The lowest BCUT2D eigenvalue weighted by molar-refractivity contribution is 0.414. The largest absolute Gasteiger partial charge is 0.497 e. The van der Waals surface area contributed by atoms with Crippen molar-refractivity contribution in [2.45, 2.75) is 19.9 Å². The van der Waals surface area contributed by atoms with E-state index < -0.39 is 0 Å². The molecule has 2 rings (SSSR count). The third kappa shape index (κ3) is 2.49. The summed E-state index contributed by atoms with van der Waals surface area (Å²) in [4.78, 5) is 8.54. The Kier molecular flexibility index (Phi) is 3.58. The summed E-state index contributed by atoms with van der Waals surface area (Å²) < 4.78 is 5.18. The molecule has 4 nitrogen and oxygen atoms in total. The molecule has 0 saturated heterocycles. The van der Waals surface area contributed by atoms with E-state index in [1.54, 1.807) is 19.5 Å². The number of methoxy groups -OCH3 is 1. The second kappa shape index (κ2) is 5.14. The van der Waals surface area contributed by atoms with Gasteiger partial charge < -0.3 is 10.5 Å². The Bertz CT molecular complexity index is 537. The van der Waals surface area contributed by atoms with Crippen molar-refractivity contribution in [1.82, 2.24) is 9.97 Å². The molecule has 0 amide bonds. The van der Waals surface area contributed by atoms with Crippen molar-refractivity contribution >= 4 is 0 Å².